The first-order valence-electron chi connectivity index (χ1n) is 19.3. The zero-order valence-corrected chi connectivity index (χ0v) is 32.0. The fraction of sp³-hybridized carbons (Fsp3) is 0.0189. The third-order valence-corrected chi connectivity index (χ3v) is 12.6. The summed E-state index contributed by atoms with van der Waals surface area (Å²) in [5.74, 6) is 1.77. The van der Waals surface area contributed by atoms with Crippen molar-refractivity contribution in [2.75, 3.05) is 0 Å². The van der Waals surface area contributed by atoms with Crippen LogP contribution in [0.4, 0.5) is 0 Å². The molecular formula is C53H32N4S. The summed E-state index contributed by atoms with van der Waals surface area (Å²) in [6, 6.07) is 70.3. The fourth-order valence-electron chi connectivity index (χ4n) is 8.83. The van der Waals surface area contributed by atoms with Crippen molar-refractivity contribution in [1.82, 2.24) is 15.0 Å². The Labute approximate surface area is 341 Å². The molecule has 1 aliphatic heterocycles. The molecule has 1 aromatic heterocycles. The Kier molecular flexibility index (Phi) is 7.99. The van der Waals surface area contributed by atoms with E-state index in [-0.39, 0.29) is 0 Å². The van der Waals surface area contributed by atoms with Gasteiger partial charge in [0.05, 0.1) is 17.0 Å². The van der Waals surface area contributed by atoms with Gasteiger partial charge in [-0.15, -0.1) is 0 Å². The van der Waals surface area contributed by atoms with Gasteiger partial charge in [0.2, 0.25) is 0 Å². The van der Waals surface area contributed by atoms with Crippen molar-refractivity contribution in [1.29, 1.82) is 5.26 Å². The second-order valence-corrected chi connectivity index (χ2v) is 15.7. The largest absolute Gasteiger partial charge is 0.208 e. The Morgan fingerprint density at radius 2 is 0.845 bits per heavy atom. The molecule has 9 aromatic rings. The first kappa shape index (κ1) is 33.9. The number of benzene rings is 8. The Bertz CT molecular complexity index is 3030. The lowest BCUT2D eigenvalue weighted by molar-refractivity contribution is 0.722. The van der Waals surface area contributed by atoms with Gasteiger partial charge in [-0.1, -0.05) is 169 Å². The van der Waals surface area contributed by atoms with Crippen molar-refractivity contribution in [3.05, 3.63) is 222 Å². The minimum atomic E-state index is -0.576. The molecule has 270 valence electrons. The van der Waals surface area contributed by atoms with E-state index in [0.717, 1.165) is 38.9 Å². The summed E-state index contributed by atoms with van der Waals surface area (Å²) in [5.41, 5.74) is 14.3. The van der Waals surface area contributed by atoms with E-state index in [1.807, 2.05) is 72.4 Å². The van der Waals surface area contributed by atoms with Crippen molar-refractivity contribution < 1.29 is 0 Å². The molecule has 0 amide bonds. The lowest BCUT2D eigenvalue weighted by atomic mass is 9.67. The van der Waals surface area contributed by atoms with Crippen LogP contribution in [0.25, 0.3) is 67.5 Å². The van der Waals surface area contributed by atoms with Crippen LogP contribution >= 0.6 is 11.8 Å². The van der Waals surface area contributed by atoms with Crippen LogP contribution in [-0.4, -0.2) is 15.0 Å². The fourth-order valence-corrected chi connectivity index (χ4v) is 10.0. The average molecular weight is 757 g/mol. The quantitative estimate of drug-likeness (QED) is 0.175. The van der Waals surface area contributed by atoms with Gasteiger partial charge < -0.3 is 0 Å². The molecule has 0 unspecified atom stereocenters. The van der Waals surface area contributed by atoms with E-state index in [2.05, 4.69) is 140 Å². The highest BCUT2D eigenvalue weighted by atomic mass is 32.2. The monoisotopic (exact) mass is 756 g/mol. The third kappa shape index (κ3) is 5.34. The lowest BCUT2D eigenvalue weighted by Crippen LogP contribution is -2.32. The number of fused-ring (bicyclic) bond motifs is 9. The van der Waals surface area contributed by atoms with Crippen LogP contribution in [0.1, 0.15) is 27.8 Å². The zero-order chi connectivity index (χ0) is 38.6. The van der Waals surface area contributed by atoms with E-state index >= 15 is 0 Å². The highest BCUT2D eigenvalue weighted by molar-refractivity contribution is 7.99. The highest BCUT2D eigenvalue weighted by Gasteiger charge is 2.50. The van der Waals surface area contributed by atoms with Gasteiger partial charge in [0, 0.05) is 26.5 Å². The number of aromatic nitrogens is 3. The minimum absolute atomic E-state index is 0.576. The SMILES string of the molecule is N#Cc1ccc(-c2cc3c(cc2-c2nc(-c4ccccc4)nc(-c4ccc(-c5ccccc5)cc4)n2)C2(c4ccccc4Sc4ccccc42)c2ccccc2-3)cc1. The summed E-state index contributed by atoms with van der Waals surface area (Å²) in [6.07, 6.45) is 0. The standard InChI is InChI=1S/C53H32N4S/c54-33-34-23-25-37(26-24-34)41-31-42-40-17-7-8-18-44(40)53(45-19-9-11-21-48(45)58-49-22-12-10-20-46(49)53)47(42)32-43(41)52-56-50(38-15-5-2-6-16-38)55-51(57-52)39-29-27-36(28-30-39)35-13-3-1-4-14-35/h1-32H. The molecule has 0 radical (unpaired) electrons. The lowest BCUT2D eigenvalue weighted by Gasteiger charge is -2.39. The molecule has 0 atom stereocenters. The summed E-state index contributed by atoms with van der Waals surface area (Å²) >= 11 is 1.84. The average Bonchev–Trinajstić information content (AvgIpc) is 3.58. The van der Waals surface area contributed by atoms with Gasteiger partial charge in [-0.3, -0.25) is 0 Å². The van der Waals surface area contributed by atoms with Gasteiger partial charge in [0.25, 0.3) is 0 Å². The molecule has 0 saturated heterocycles. The van der Waals surface area contributed by atoms with Crippen molar-refractivity contribution in [2.45, 2.75) is 15.2 Å². The molecule has 0 fully saturated rings. The number of nitrogens with zero attached hydrogens (tertiary/aromatic N) is 4. The van der Waals surface area contributed by atoms with E-state index in [0.29, 0.717) is 23.0 Å². The Balaban J connectivity index is 1.21. The summed E-state index contributed by atoms with van der Waals surface area (Å²) < 4.78 is 0. The molecule has 11 rings (SSSR count). The second-order valence-electron chi connectivity index (χ2n) is 14.6. The maximum Gasteiger partial charge on any atom is 0.164 e. The van der Waals surface area contributed by atoms with Gasteiger partial charge in [0.1, 0.15) is 0 Å². The van der Waals surface area contributed by atoms with Gasteiger partial charge in [0.15, 0.2) is 17.5 Å². The van der Waals surface area contributed by atoms with Crippen LogP contribution in [-0.2, 0) is 5.41 Å². The van der Waals surface area contributed by atoms with Crippen LogP contribution < -0.4 is 0 Å². The summed E-state index contributed by atoms with van der Waals surface area (Å²) in [6.45, 7) is 0. The molecule has 5 heteroatoms. The normalized spacial score (nSPS) is 12.9. The predicted octanol–water partition coefficient (Wildman–Crippen LogP) is 12.9. The maximum atomic E-state index is 9.75. The number of nitriles is 1. The summed E-state index contributed by atoms with van der Waals surface area (Å²) in [7, 11) is 0. The van der Waals surface area contributed by atoms with Crippen LogP contribution in [0.15, 0.2) is 204 Å². The molecule has 8 aromatic carbocycles. The van der Waals surface area contributed by atoms with Crippen molar-refractivity contribution >= 4 is 11.8 Å². The number of rotatable bonds is 5. The molecule has 2 heterocycles. The molecule has 58 heavy (non-hydrogen) atoms. The van der Waals surface area contributed by atoms with Crippen molar-refractivity contribution in [3.8, 4) is 73.6 Å². The van der Waals surface area contributed by atoms with Gasteiger partial charge >= 0.3 is 0 Å². The molecule has 1 spiro atoms. The van der Waals surface area contributed by atoms with E-state index in [4.69, 9.17) is 15.0 Å². The molecular weight excluding hydrogens is 725 g/mol. The van der Waals surface area contributed by atoms with Crippen molar-refractivity contribution in [3.63, 3.8) is 0 Å². The number of hydrogen-bond donors (Lipinski definition) is 0. The Morgan fingerprint density at radius 1 is 0.362 bits per heavy atom. The highest BCUT2D eigenvalue weighted by Crippen LogP contribution is 2.63. The van der Waals surface area contributed by atoms with Crippen LogP contribution in [0, 0.1) is 11.3 Å². The van der Waals surface area contributed by atoms with E-state index in [1.54, 1.807) is 0 Å². The maximum absolute atomic E-state index is 9.75. The Hall–Kier alpha value is -7.39. The summed E-state index contributed by atoms with van der Waals surface area (Å²) in [5, 5.41) is 9.75. The molecule has 0 bridgehead atoms. The molecule has 1 aliphatic carbocycles. The second kappa shape index (κ2) is 13.7. The van der Waals surface area contributed by atoms with Gasteiger partial charge in [-0.05, 0) is 92.0 Å². The summed E-state index contributed by atoms with van der Waals surface area (Å²) in [4.78, 5) is 18.2. The minimum Gasteiger partial charge on any atom is -0.208 e. The number of hydrogen-bond acceptors (Lipinski definition) is 5. The molecule has 0 saturated carbocycles. The first-order chi connectivity index (χ1) is 28.7. The first-order valence-corrected chi connectivity index (χ1v) is 20.1. The van der Waals surface area contributed by atoms with Gasteiger partial charge in [-0.2, -0.15) is 5.26 Å². The van der Waals surface area contributed by atoms with Crippen LogP contribution in [0.3, 0.4) is 0 Å². The van der Waals surface area contributed by atoms with Crippen LogP contribution in [0.2, 0.25) is 0 Å². The van der Waals surface area contributed by atoms with Crippen LogP contribution in [0.5, 0.6) is 0 Å². The van der Waals surface area contributed by atoms with E-state index < -0.39 is 5.41 Å². The molecule has 4 nitrogen and oxygen atoms in total. The predicted molar refractivity (Wildman–Crippen MR) is 233 cm³/mol. The smallest absolute Gasteiger partial charge is 0.164 e. The Morgan fingerprint density at radius 3 is 1.48 bits per heavy atom. The zero-order valence-electron chi connectivity index (χ0n) is 31.2. The van der Waals surface area contributed by atoms with E-state index in [1.165, 1.54) is 43.2 Å². The topological polar surface area (TPSA) is 62.5 Å². The molecule has 0 N–H and O–H groups in total. The van der Waals surface area contributed by atoms with Crippen molar-refractivity contribution in [2.24, 2.45) is 0 Å². The van der Waals surface area contributed by atoms with E-state index in [9.17, 15) is 5.26 Å². The third-order valence-electron chi connectivity index (χ3n) is 11.5. The molecule has 2 aliphatic rings. The van der Waals surface area contributed by atoms with Gasteiger partial charge in [-0.25, -0.2) is 15.0 Å².